The summed E-state index contributed by atoms with van der Waals surface area (Å²) in [5.74, 6) is 0.888. The van der Waals surface area contributed by atoms with Gasteiger partial charge in [0.15, 0.2) is 0 Å². The van der Waals surface area contributed by atoms with Crippen molar-refractivity contribution in [3.05, 3.63) is 29.3 Å². The van der Waals surface area contributed by atoms with Crippen LogP contribution in [0.4, 0.5) is 0 Å². The van der Waals surface area contributed by atoms with E-state index in [0.29, 0.717) is 36.3 Å². The lowest BCUT2D eigenvalue weighted by Crippen LogP contribution is -2.51. The molecule has 1 fully saturated rings. The Morgan fingerprint density at radius 2 is 2.30 bits per heavy atom. The van der Waals surface area contributed by atoms with Crippen LogP contribution in [0.1, 0.15) is 19.8 Å². The molecule has 1 heterocycles. The normalized spacial score (nSPS) is 18.9. The number of hydrogen-bond acceptors (Lipinski definition) is 3. The summed E-state index contributed by atoms with van der Waals surface area (Å²) >= 11 is 6.00. The van der Waals surface area contributed by atoms with Crippen molar-refractivity contribution in [1.29, 1.82) is 0 Å². The topological polar surface area (TPSA) is 41.6 Å². The largest absolute Gasteiger partial charge is 0.492 e. The first kappa shape index (κ1) is 15.1. The van der Waals surface area contributed by atoms with Crippen LogP contribution in [-0.4, -0.2) is 43.1 Å². The van der Waals surface area contributed by atoms with Crippen molar-refractivity contribution in [3.63, 3.8) is 0 Å². The Balaban J connectivity index is 1.68. The molecule has 0 bridgehead atoms. The molecule has 4 nitrogen and oxygen atoms in total. The number of rotatable bonds is 5. The Hall–Kier alpha value is -1.26. The highest BCUT2D eigenvalue weighted by atomic mass is 35.5. The van der Waals surface area contributed by atoms with Gasteiger partial charge in [0.1, 0.15) is 5.75 Å². The third-order valence-electron chi connectivity index (χ3n) is 3.35. The van der Waals surface area contributed by atoms with Gasteiger partial charge in [0, 0.05) is 32.1 Å². The summed E-state index contributed by atoms with van der Waals surface area (Å²) in [6.07, 6.45) is 1.24. The lowest BCUT2D eigenvalue weighted by Gasteiger charge is -2.32. The Kier molecular flexibility index (Phi) is 5.68. The van der Waals surface area contributed by atoms with Gasteiger partial charge in [0.2, 0.25) is 5.91 Å². The number of hydrogen-bond donors (Lipinski definition) is 1. The highest BCUT2D eigenvalue weighted by Gasteiger charge is 2.19. The van der Waals surface area contributed by atoms with Gasteiger partial charge in [-0.05, 0) is 25.5 Å². The standard InChI is InChI=1S/C15H21ClN2O2/c1-12-11-18(9-8-17-12)15(19)7-4-10-20-14-6-3-2-5-13(14)16/h2-3,5-6,12,17H,4,7-11H2,1H3. The van der Waals surface area contributed by atoms with Crippen molar-refractivity contribution in [2.24, 2.45) is 0 Å². The fourth-order valence-electron chi connectivity index (χ4n) is 2.28. The summed E-state index contributed by atoms with van der Waals surface area (Å²) in [5.41, 5.74) is 0. The molecule has 1 aromatic carbocycles. The van der Waals surface area contributed by atoms with E-state index in [-0.39, 0.29) is 5.91 Å². The molecule has 1 aromatic rings. The number of carbonyl (C=O) groups is 1. The molecule has 1 aliphatic heterocycles. The van der Waals surface area contributed by atoms with Gasteiger partial charge >= 0.3 is 0 Å². The summed E-state index contributed by atoms with van der Waals surface area (Å²) in [7, 11) is 0. The van der Waals surface area contributed by atoms with E-state index in [0.717, 1.165) is 19.6 Å². The van der Waals surface area contributed by atoms with E-state index in [9.17, 15) is 4.79 Å². The second-order valence-corrected chi connectivity index (χ2v) is 5.48. The molecule has 0 radical (unpaired) electrons. The van der Waals surface area contributed by atoms with Gasteiger partial charge in [-0.1, -0.05) is 23.7 Å². The number of amides is 1. The average molecular weight is 297 g/mol. The highest BCUT2D eigenvalue weighted by Crippen LogP contribution is 2.23. The third kappa shape index (κ3) is 4.39. The van der Waals surface area contributed by atoms with Crippen molar-refractivity contribution in [2.45, 2.75) is 25.8 Å². The number of benzene rings is 1. The SMILES string of the molecule is CC1CN(C(=O)CCCOc2ccccc2Cl)CCN1. The lowest BCUT2D eigenvalue weighted by atomic mass is 10.2. The Morgan fingerprint density at radius 3 is 3.05 bits per heavy atom. The molecular weight excluding hydrogens is 276 g/mol. The van der Waals surface area contributed by atoms with E-state index >= 15 is 0 Å². The summed E-state index contributed by atoms with van der Waals surface area (Å²) < 4.78 is 5.58. The summed E-state index contributed by atoms with van der Waals surface area (Å²) in [6.45, 7) is 5.08. The molecule has 1 saturated heterocycles. The van der Waals surface area contributed by atoms with Crippen LogP contribution in [0.25, 0.3) is 0 Å². The zero-order valence-electron chi connectivity index (χ0n) is 11.8. The van der Waals surface area contributed by atoms with Crippen LogP contribution in [-0.2, 0) is 4.79 Å². The van der Waals surface area contributed by atoms with Gasteiger partial charge in [-0.15, -0.1) is 0 Å². The molecule has 1 amide bonds. The van der Waals surface area contributed by atoms with Crippen molar-refractivity contribution in [3.8, 4) is 5.75 Å². The van der Waals surface area contributed by atoms with E-state index in [1.807, 2.05) is 23.1 Å². The van der Waals surface area contributed by atoms with Crippen LogP contribution in [0.2, 0.25) is 5.02 Å². The molecule has 2 rings (SSSR count). The van der Waals surface area contributed by atoms with Gasteiger partial charge in [-0.25, -0.2) is 0 Å². The van der Waals surface area contributed by atoms with Gasteiger partial charge in [-0.2, -0.15) is 0 Å². The maximum Gasteiger partial charge on any atom is 0.222 e. The smallest absolute Gasteiger partial charge is 0.222 e. The van der Waals surface area contributed by atoms with Crippen molar-refractivity contribution in [2.75, 3.05) is 26.2 Å². The molecule has 1 atom stereocenters. The van der Waals surface area contributed by atoms with Crippen LogP contribution in [0.15, 0.2) is 24.3 Å². The molecule has 0 aliphatic carbocycles. The van der Waals surface area contributed by atoms with Crippen molar-refractivity contribution in [1.82, 2.24) is 10.2 Å². The minimum Gasteiger partial charge on any atom is -0.492 e. The second kappa shape index (κ2) is 7.50. The number of nitrogens with one attached hydrogen (secondary N) is 1. The maximum absolute atomic E-state index is 12.0. The highest BCUT2D eigenvalue weighted by molar-refractivity contribution is 6.32. The molecule has 20 heavy (non-hydrogen) atoms. The molecule has 1 unspecified atom stereocenters. The second-order valence-electron chi connectivity index (χ2n) is 5.08. The van der Waals surface area contributed by atoms with Crippen LogP contribution in [0, 0.1) is 0 Å². The Labute approximate surface area is 125 Å². The Bertz CT molecular complexity index is 453. The van der Waals surface area contributed by atoms with Gasteiger partial charge in [-0.3, -0.25) is 4.79 Å². The minimum atomic E-state index is 0.209. The number of ether oxygens (including phenoxy) is 1. The van der Waals surface area contributed by atoms with E-state index < -0.39 is 0 Å². The van der Waals surface area contributed by atoms with Gasteiger partial charge in [0.05, 0.1) is 11.6 Å². The molecule has 1 aliphatic rings. The Morgan fingerprint density at radius 1 is 1.50 bits per heavy atom. The van der Waals surface area contributed by atoms with Crippen LogP contribution in [0.3, 0.4) is 0 Å². The molecule has 0 saturated carbocycles. The van der Waals surface area contributed by atoms with E-state index in [2.05, 4.69) is 12.2 Å². The quantitative estimate of drug-likeness (QED) is 0.848. The molecule has 0 spiro atoms. The van der Waals surface area contributed by atoms with E-state index in [1.54, 1.807) is 6.07 Å². The number of piperazine rings is 1. The molecular formula is C15H21ClN2O2. The van der Waals surface area contributed by atoms with Crippen molar-refractivity contribution < 1.29 is 9.53 Å². The van der Waals surface area contributed by atoms with Crippen LogP contribution in [0.5, 0.6) is 5.75 Å². The lowest BCUT2D eigenvalue weighted by molar-refractivity contribution is -0.132. The summed E-state index contributed by atoms with van der Waals surface area (Å²) in [4.78, 5) is 14.0. The number of halogens is 1. The van der Waals surface area contributed by atoms with E-state index in [1.165, 1.54) is 0 Å². The van der Waals surface area contributed by atoms with Crippen molar-refractivity contribution >= 4 is 17.5 Å². The molecule has 0 aromatic heterocycles. The first-order valence-corrected chi connectivity index (χ1v) is 7.43. The van der Waals surface area contributed by atoms with Crippen LogP contribution < -0.4 is 10.1 Å². The zero-order valence-corrected chi connectivity index (χ0v) is 12.5. The third-order valence-corrected chi connectivity index (χ3v) is 3.66. The van der Waals surface area contributed by atoms with Crippen LogP contribution >= 0.6 is 11.6 Å². The molecule has 110 valence electrons. The molecule has 5 heteroatoms. The first-order valence-electron chi connectivity index (χ1n) is 7.05. The first-order chi connectivity index (χ1) is 9.66. The number of nitrogens with zero attached hydrogens (tertiary/aromatic N) is 1. The fraction of sp³-hybridized carbons (Fsp3) is 0.533. The predicted octanol–water partition coefficient (Wildman–Crippen LogP) is 2.32. The molecule has 1 N–H and O–H groups in total. The van der Waals surface area contributed by atoms with Gasteiger partial charge in [0.25, 0.3) is 0 Å². The fourth-order valence-corrected chi connectivity index (χ4v) is 2.47. The maximum atomic E-state index is 12.0. The van der Waals surface area contributed by atoms with E-state index in [4.69, 9.17) is 16.3 Å². The number of carbonyl (C=O) groups excluding carboxylic acids is 1. The van der Waals surface area contributed by atoms with Gasteiger partial charge < -0.3 is 15.0 Å². The monoisotopic (exact) mass is 296 g/mol. The average Bonchev–Trinajstić information content (AvgIpc) is 2.45. The summed E-state index contributed by atoms with van der Waals surface area (Å²) in [6, 6.07) is 7.76. The predicted molar refractivity (Wildman–Crippen MR) is 80.2 cm³/mol. The summed E-state index contributed by atoms with van der Waals surface area (Å²) in [5, 5.41) is 3.93. The number of para-hydroxylation sites is 1. The minimum absolute atomic E-state index is 0.209. The zero-order chi connectivity index (χ0) is 14.4.